The van der Waals surface area contributed by atoms with Gasteiger partial charge in [0, 0.05) is 11.6 Å². The van der Waals surface area contributed by atoms with Crippen LogP contribution in [0.5, 0.6) is 5.75 Å². The van der Waals surface area contributed by atoms with Gasteiger partial charge in [0.05, 0.1) is 18.5 Å². The topological polar surface area (TPSA) is 76.7 Å². The standard InChI is InChI=1S/C19H19F3N2O4/c1-19(2,3)28-18(26)24-14-6-5-11(27-4)9-15(14)23-17(25)10-7-12(20)16(22)13(21)8-10/h5-9H,1-4H3,(H,23,25)(H,24,26). The first-order valence-electron chi connectivity index (χ1n) is 8.14. The highest BCUT2D eigenvalue weighted by atomic mass is 19.2. The van der Waals surface area contributed by atoms with Gasteiger partial charge in [0.15, 0.2) is 17.5 Å². The predicted molar refractivity (Wildman–Crippen MR) is 97.1 cm³/mol. The van der Waals surface area contributed by atoms with Crippen LogP contribution in [0, 0.1) is 17.5 Å². The number of amides is 2. The van der Waals surface area contributed by atoms with Crippen LogP contribution >= 0.6 is 0 Å². The van der Waals surface area contributed by atoms with Crippen LogP contribution < -0.4 is 15.4 Å². The molecule has 0 heterocycles. The number of methoxy groups -OCH3 is 1. The molecule has 0 spiro atoms. The molecule has 0 unspecified atom stereocenters. The van der Waals surface area contributed by atoms with E-state index in [1.54, 1.807) is 20.8 Å². The van der Waals surface area contributed by atoms with Crippen LogP contribution in [0.4, 0.5) is 29.3 Å². The number of halogens is 3. The van der Waals surface area contributed by atoms with E-state index in [1.807, 2.05) is 0 Å². The zero-order valence-corrected chi connectivity index (χ0v) is 15.7. The van der Waals surface area contributed by atoms with E-state index in [2.05, 4.69) is 10.6 Å². The Morgan fingerprint density at radius 3 is 2.07 bits per heavy atom. The van der Waals surface area contributed by atoms with Gasteiger partial charge >= 0.3 is 6.09 Å². The van der Waals surface area contributed by atoms with Crippen LogP contribution in [0.15, 0.2) is 30.3 Å². The average Bonchev–Trinajstić information content (AvgIpc) is 2.58. The highest BCUT2D eigenvalue weighted by Crippen LogP contribution is 2.28. The lowest BCUT2D eigenvalue weighted by Gasteiger charge is -2.20. The van der Waals surface area contributed by atoms with Crippen LogP contribution in [0.2, 0.25) is 0 Å². The van der Waals surface area contributed by atoms with E-state index >= 15 is 0 Å². The molecule has 0 aliphatic heterocycles. The van der Waals surface area contributed by atoms with Crippen molar-refractivity contribution in [2.24, 2.45) is 0 Å². The molecule has 0 aliphatic carbocycles. The van der Waals surface area contributed by atoms with Crippen LogP contribution in [-0.2, 0) is 4.74 Å². The smallest absolute Gasteiger partial charge is 0.412 e. The fourth-order valence-corrected chi connectivity index (χ4v) is 2.16. The summed E-state index contributed by atoms with van der Waals surface area (Å²) in [5.41, 5.74) is -0.947. The van der Waals surface area contributed by atoms with E-state index in [9.17, 15) is 22.8 Å². The van der Waals surface area contributed by atoms with Crippen molar-refractivity contribution in [1.29, 1.82) is 0 Å². The third kappa shape index (κ3) is 5.38. The van der Waals surface area contributed by atoms with Crippen LogP contribution in [0.1, 0.15) is 31.1 Å². The van der Waals surface area contributed by atoms with E-state index in [0.29, 0.717) is 17.9 Å². The van der Waals surface area contributed by atoms with Crippen molar-refractivity contribution in [2.75, 3.05) is 17.7 Å². The minimum absolute atomic E-state index is 0.0837. The summed E-state index contributed by atoms with van der Waals surface area (Å²) < 4.78 is 50.1. The van der Waals surface area contributed by atoms with E-state index in [1.165, 1.54) is 25.3 Å². The van der Waals surface area contributed by atoms with Crippen molar-refractivity contribution >= 4 is 23.4 Å². The normalized spacial score (nSPS) is 11.0. The van der Waals surface area contributed by atoms with Gasteiger partial charge in [-0.15, -0.1) is 0 Å². The predicted octanol–water partition coefficient (Wildman–Crippen LogP) is 4.71. The fourth-order valence-electron chi connectivity index (χ4n) is 2.16. The third-order valence-electron chi connectivity index (χ3n) is 3.36. The Hall–Kier alpha value is -3.23. The molecule has 2 amide bonds. The van der Waals surface area contributed by atoms with Gasteiger partial charge in [0.25, 0.3) is 5.91 Å². The molecule has 0 aliphatic rings. The monoisotopic (exact) mass is 396 g/mol. The van der Waals surface area contributed by atoms with Gasteiger partial charge in [-0.1, -0.05) is 0 Å². The van der Waals surface area contributed by atoms with Crippen LogP contribution in [0.3, 0.4) is 0 Å². The lowest BCUT2D eigenvalue weighted by atomic mass is 10.1. The number of ether oxygens (including phenoxy) is 2. The molecule has 2 rings (SSSR count). The van der Waals surface area contributed by atoms with Crippen molar-refractivity contribution in [2.45, 2.75) is 26.4 Å². The molecule has 2 aromatic carbocycles. The minimum atomic E-state index is -1.68. The van der Waals surface area contributed by atoms with Gasteiger partial charge in [0.1, 0.15) is 11.4 Å². The summed E-state index contributed by atoms with van der Waals surface area (Å²) in [7, 11) is 1.40. The molecule has 0 atom stereocenters. The van der Waals surface area contributed by atoms with Gasteiger partial charge in [-0.05, 0) is 45.0 Å². The largest absolute Gasteiger partial charge is 0.497 e. The Bertz CT molecular complexity index is 888. The number of anilines is 2. The van der Waals surface area contributed by atoms with Gasteiger partial charge in [-0.3, -0.25) is 10.1 Å². The average molecular weight is 396 g/mol. The van der Waals surface area contributed by atoms with E-state index in [4.69, 9.17) is 9.47 Å². The molecule has 0 fully saturated rings. The number of nitrogens with one attached hydrogen (secondary N) is 2. The molecule has 9 heteroatoms. The number of rotatable bonds is 4. The maximum absolute atomic E-state index is 13.4. The molecule has 0 bridgehead atoms. The van der Waals surface area contributed by atoms with Crippen LogP contribution in [0.25, 0.3) is 0 Å². The quantitative estimate of drug-likeness (QED) is 0.734. The Kier molecular flexibility index (Phi) is 6.17. The van der Waals surface area contributed by atoms with E-state index < -0.39 is 40.6 Å². The zero-order valence-electron chi connectivity index (χ0n) is 15.7. The van der Waals surface area contributed by atoms with Crippen molar-refractivity contribution in [1.82, 2.24) is 0 Å². The number of hydrogen-bond acceptors (Lipinski definition) is 4. The maximum atomic E-state index is 13.4. The van der Waals surface area contributed by atoms with Crippen molar-refractivity contribution in [3.63, 3.8) is 0 Å². The molecule has 0 saturated carbocycles. The SMILES string of the molecule is COc1ccc(NC(=O)OC(C)(C)C)c(NC(=O)c2cc(F)c(F)c(F)c2)c1. The minimum Gasteiger partial charge on any atom is -0.497 e. The summed E-state index contributed by atoms with van der Waals surface area (Å²) in [6, 6.07) is 5.49. The van der Waals surface area contributed by atoms with Crippen molar-refractivity contribution < 1.29 is 32.2 Å². The second-order valence-electron chi connectivity index (χ2n) is 6.75. The highest BCUT2D eigenvalue weighted by molar-refractivity contribution is 6.07. The fraction of sp³-hybridized carbons (Fsp3) is 0.263. The van der Waals surface area contributed by atoms with Gasteiger partial charge in [-0.2, -0.15) is 0 Å². The van der Waals surface area contributed by atoms with Crippen molar-refractivity contribution in [3.8, 4) is 5.75 Å². The molecule has 28 heavy (non-hydrogen) atoms. The molecular formula is C19H19F3N2O4. The summed E-state index contributed by atoms with van der Waals surface area (Å²) in [6.07, 6.45) is -0.771. The summed E-state index contributed by atoms with van der Waals surface area (Å²) in [5, 5.41) is 4.87. The highest BCUT2D eigenvalue weighted by Gasteiger charge is 2.20. The number of hydrogen-bond donors (Lipinski definition) is 2. The Morgan fingerprint density at radius 1 is 0.929 bits per heavy atom. The Morgan fingerprint density at radius 2 is 1.54 bits per heavy atom. The zero-order chi connectivity index (χ0) is 21.1. The van der Waals surface area contributed by atoms with E-state index in [-0.39, 0.29) is 11.4 Å². The lowest BCUT2D eigenvalue weighted by molar-refractivity contribution is 0.0635. The first-order chi connectivity index (χ1) is 13.0. The first-order valence-corrected chi connectivity index (χ1v) is 8.14. The van der Waals surface area contributed by atoms with Gasteiger partial charge in [-0.25, -0.2) is 18.0 Å². The maximum Gasteiger partial charge on any atom is 0.412 e. The van der Waals surface area contributed by atoms with Gasteiger partial charge in [0.2, 0.25) is 0 Å². The summed E-state index contributed by atoms with van der Waals surface area (Å²) in [5.74, 6) is -5.24. The second-order valence-corrected chi connectivity index (χ2v) is 6.75. The lowest BCUT2D eigenvalue weighted by Crippen LogP contribution is -2.27. The van der Waals surface area contributed by atoms with Gasteiger partial charge < -0.3 is 14.8 Å². The molecule has 2 N–H and O–H groups in total. The number of benzene rings is 2. The Labute approximate surface area is 159 Å². The molecule has 0 aromatic heterocycles. The second kappa shape index (κ2) is 8.20. The molecule has 6 nitrogen and oxygen atoms in total. The Balaban J connectivity index is 2.30. The summed E-state index contributed by atoms with van der Waals surface area (Å²) in [4.78, 5) is 24.3. The third-order valence-corrected chi connectivity index (χ3v) is 3.36. The summed E-state index contributed by atoms with van der Waals surface area (Å²) >= 11 is 0. The first kappa shape index (κ1) is 21.1. The number of carbonyl (C=O) groups is 2. The molecule has 0 radical (unpaired) electrons. The van der Waals surface area contributed by atoms with E-state index in [0.717, 1.165) is 0 Å². The van der Waals surface area contributed by atoms with Crippen molar-refractivity contribution in [3.05, 3.63) is 53.3 Å². The molecule has 0 saturated heterocycles. The molecule has 2 aromatic rings. The van der Waals surface area contributed by atoms with Crippen LogP contribution in [-0.4, -0.2) is 24.7 Å². The molecular weight excluding hydrogens is 377 g/mol. The summed E-state index contributed by atoms with van der Waals surface area (Å²) in [6.45, 7) is 5.04. The molecule has 150 valence electrons. The number of carbonyl (C=O) groups excluding carboxylic acids is 2.